The SMILES string of the molecule is CCCCC1CCC(C(=O)C2CCC(C)C(C)C2)CC1. The minimum Gasteiger partial charge on any atom is -0.299 e. The van der Waals surface area contributed by atoms with E-state index < -0.39 is 0 Å². The van der Waals surface area contributed by atoms with Crippen molar-refractivity contribution in [1.82, 2.24) is 0 Å². The zero-order valence-electron chi connectivity index (χ0n) is 13.9. The average Bonchev–Trinajstić information content (AvgIpc) is 2.48. The van der Waals surface area contributed by atoms with Crippen LogP contribution in [0, 0.1) is 29.6 Å². The molecule has 0 aromatic carbocycles. The summed E-state index contributed by atoms with van der Waals surface area (Å²) in [5.41, 5.74) is 0. The summed E-state index contributed by atoms with van der Waals surface area (Å²) in [6.45, 7) is 6.97. The molecule has 0 bridgehead atoms. The zero-order chi connectivity index (χ0) is 14.5. The monoisotopic (exact) mass is 278 g/mol. The Labute approximate surface area is 125 Å². The third-order valence-corrected chi connectivity index (χ3v) is 6.22. The number of hydrogen-bond acceptors (Lipinski definition) is 1. The van der Waals surface area contributed by atoms with E-state index in [1.807, 2.05) is 0 Å². The number of carbonyl (C=O) groups excluding carboxylic acids is 1. The van der Waals surface area contributed by atoms with E-state index in [0.717, 1.165) is 24.2 Å². The highest BCUT2D eigenvalue weighted by Crippen LogP contribution is 2.39. The van der Waals surface area contributed by atoms with E-state index in [0.29, 0.717) is 17.6 Å². The topological polar surface area (TPSA) is 17.1 Å². The van der Waals surface area contributed by atoms with Crippen molar-refractivity contribution in [2.45, 2.75) is 85.0 Å². The molecule has 2 saturated carbocycles. The minimum atomic E-state index is 0.401. The van der Waals surface area contributed by atoms with E-state index >= 15 is 0 Å². The van der Waals surface area contributed by atoms with Gasteiger partial charge in [-0.25, -0.2) is 0 Å². The van der Waals surface area contributed by atoms with Crippen molar-refractivity contribution in [2.75, 3.05) is 0 Å². The molecule has 2 rings (SSSR count). The Balaban J connectivity index is 1.77. The largest absolute Gasteiger partial charge is 0.299 e. The summed E-state index contributed by atoms with van der Waals surface area (Å²) in [4.78, 5) is 12.7. The standard InChI is InChI=1S/C19H34O/c1-4-5-6-16-8-11-17(12-9-16)19(20)18-10-7-14(2)15(3)13-18/h14-18H,4-13H2,1-3H3. The van der Waals surface area contributed by atoms with Crippen LogP contribution in [0.1, 0.15) is 85.0 Å². The van der Waals surface area contributed by atoms with E-state index in [2.05, 4.69) is 20.8 Å². The lowest BCUT2D eigenvalue weighted by Gasteiger charge is -2.35. The van der Waals surface area contributed by atoms with Gasteiger partial charge in [-0.05, 0) is 62.7 Å². The first-order valence-electron chi connectivity index (χ1n) is 9.15. The van der Waals surface area contributed by atoms with Crippen LogP contribution in [0.2, 0.25) is 0 Å². The van der Waals surface area contributed by atoms with E-state index in [4.69, 9.17) is 0 Å². The summed E-state index contributed by atoms with van der Waals surface area (Å²) in [6, 6.07) is 0. The molecule has 1 nitrogen and oxygen atoms in total. The Morgan fingerprint density at radius 3 is 2.15 bits per heavy atom. The first kappa shape index (κ1) is 16.0. The Bertz CT molecular complexity index is 301. The molecular weight excluding hydrogens is 244 g/mol. The average molecular weight is 278 g/mol. The van der Waals surface area contributed by atoms with Crippen molar-refractivity contribution in [3.05, 3.63) is 0 Å². The maximum atomic E-state index is 12.7. The Morgan fingerprint density at radius 1 is 0.900 bits per heavy atom. The summed E-state index contributed by atoms with van der Waals surface area (Å²) in [5.74, 6) is 3.95. The Kier molecular flexibility index (Phi) is 6.11. The van der Waals surface area contributed by atoms with Gasteiger partial charge in [0.2, 0.25) is 0 Å². The molecule has 20 heavy (non-hydrogen) atoms. The van der Waals surface area contributed by atoms with Crippen molar-refractivity contribution < 1.29 is 4.79 Å². The summed E-state index contributed by atoms with van der Waals surface area (Å²) >= 11 is 0. The highest BCUT2D eigenvalue weighted by atomic mass is 16.1. The molecule has 0 aliphatic heterocycles. The van der Waals surface area contributed by atoms with E-state index in [1.54, 1.807) is 0 Å². The maximum Gasteiger partial charge on any atom is 0.139 e. The van der Waals surface area contributed by atoms with Crippen LogP contribution >= 0.6 is 0 Å². The second-order valence-electron chi connectivity index (χ2n) is 7.73. The molecule has 0 heterocycles. The van der Waals surface area contributed by atoms with E-state index in [-0.39, 0.29) is 0 Å². The van der Waals surface area contributed by atoms with E-state index in [9.17, 15) is 4.79 Å². The molecule has 1 heteroatoms. The van der Waals surface area contributed by atoms with Crippen LogP contribution in [-0.4, -0.2) is 5.78 Å². The minimum absolute atomic E-state index is 0.401. The van der Waals surface area contributed by atoms with Crippen LogP contribution in [-0.2, 0) is 4.79 Å². The lowest BCUT2D eigenvalue weighted by Crippen LogP contribution is -2.32. The van der Waals surface area contributed by atoms with Crippen LogP contribution in [0.5, 0.6) is 0 Å². The van der Waals surface area contributed by atoms with Gasteiger partial charge >= 0.3 is 0 Å². The Hall–Kier alpha value is -0.330. The summed E-state index contributed by atoms with van der Waals surface area (Å²) in [7, 11) is 0. The fraction of sp³-hybridized carbons (Fsp3) is 0.947. The normalized spacial score (nSPS) is 38.6. The van der Waals surface area contributed by atoms with E-state index in [1.165, 1.54) is 57.8 Å². The maximum absolute atomic E-state index is 12.7. The molecule has 0 spiro atoms. The number of carbonyl (C=O) groups is 1. The lowest BCUT2D eigenvalue weighted by molar-refractivity contribution is -0.129. The summed E-state index contributed by atoms with van der Waals surface area (Å²) < 4.78 is 0. The van der Waals surface area contributed by atoms with Crippen molar-refractivity contribution in [3.8, 4) is 0 Å². The van der Waals surface area contributed by atoms with Gasteiger partial charge in [0.25, 0.3) is 0 Å². The van der Waals surface area contributed by atoms with Crippen LogP contribution < -0.4 is 0 Å². The molecule has 2 fully saturated rings. The highest BCUT2D eigenvalue weighted by Gasteiger charge is 2.34. The van der Waals surface area contributed by atoms with Gasteiger partial charge in [0.1, 0.15) is 5.78 Å². The molecule has 3 atom stereocenters. The van der Waals surface area contributed by atoms with Gasteiger partial charge in [-0.3, -0.25) is 4.79 Å². The lowest BCUT2D eigenvalue weighted by atomic mass is 9.69. The molecule has 2 aliphatic carbocycles. The fourth-order valence-electron chi connectivity index (χ4n) is 4.37. The third-order valence-electron chi connectivity index (χ3n) is 6.22. The molecule has 116 valence electrons. The summed E-state index contributed by atoms with van der Waals surface area (Å²) in [6.07, 6.45) is 12.7. The molecule has 0 N–H and O–H groups in total. The number of hydrogen-bond donors (Lipinski definition) is 0. The smallest absolute Gasteiger partial charge is 0.139 e. The number of Topliss-reactive ketones (excluding diaryl/α,β-unsaturated/α-hetero) is 1. The second kappa shape index (κ2) is 7.61. The van der Waals surface area contributed by atoms with Crippen LogP contribution in [0.4, 0.5) is 0 Å². The number of unbranched alkanes of at least 4 members (excludes halogenated alkanes) is 1. The zero-order valence-corrected chi connectivity index (χ0v) is 13.9. The highest BCUT2D eigenvalue weighted by molar-refractivity contribution is 5.83. The van der Waals surface area contributed by atoms with Crippen molar-refractivity contribution >= 4 is 5.78 Å². The molecular formula is C19H34O. The van der Waals surface area contributed by atoms with Gasteiger partial charge in [0.15, 0.2) is 0 Å². The number of ketones is 1. The fourth-order valence-corrected chi connectivity index (χ4v) is 4.37. The molecule has 0 aromatic rings. The first-order valence-corrected chi connectivity index (χ1v) is 9.15. The van der Waals surface area contributed by atoms with Crippen molar-refractivity contribution in [1.29, 1.82) is 0 Å². The van der Waals surface area contributed by atoms with Crippen molar-refractivity contribution in [2.24, 2.45) is 29.6 Å². The third kappa shape index (κ3) is 4.09. The Morgan fingerprint density at radius 2 is 1.55 bits per heavy atom. The van der Waals surface area contributed by atoms with Gasteiger partial charge in [-0.2, -0.15) is 0 Å². The molecule has 0 amide bonds. The van der Waals surface area contributed by atoms with Gasteiger partial charge < -0.3 is 0 Å². The first-order chi connectivity index (χ1) is 9.61. The van der Waals surface area contributed by atoms with Gasteiger partial charge in [0, 0.05) is 11.8 Å². The summed E-state index contributed by atoms with van der Waals surface area (Å²) in [5, 5.41) is 0. The van der Waals surface area contributed by atoms with Gasteiger partial charge in [-0.1, -0.05) is 40.0 Å². The van der Waals surface area contributed by atoms with Gasteiger partial charge in [-0.15, -0.1) is 0 Å². The van der Waals surface area contributed by atoms with Crippen molar-refractivity contribution in [3.63, 3.8) is 0 Å². The molecule has 0 aromatic heterocycles. The van der Waals surface area contributed by atoms with Crippen LogP contribution in [0.15, 0.2) is 0 Å². The van der Waals surface area contributed by atoms with Crippen LogP contribution in [0.25, 0.3) is 0 Å². The molecule has 2 aliphatic rings. The molecule has 3 unspecified atom stereocenters. The number of rotatable bonds is 5. The second-order valence-corrected chi connectivity index (χ2v) is 7.73. The van der Waals surface area contributed by atoms with Crippen LogP contribution in [0.3, 0.4) is 0 Å². The molecule has 0 saturated heterocycles. The predicted molar refractivity (Wildman–Crippen MR) is 85.6 cm³/mol. The quantitative estimate of drug-likeness (QED) is 0.637. The predicted octanol–water partition coefficient (Wildman–Crippen LogP) is 5.62. The molecule has 0 radical (unpaired) electrons. The van der Waals surface area contributed by atoms with Gasteiger partial charge in [0.05, 0.1) is 0 Å².